The molecule has 0 N–H and O–H groups in total. The van der Waals surface area contributed by atoms with E-state index in [1.807, 2.05) is 170 Å². The first-order chi connectivity index (χ1) is 30.7. The summed E-state index contributed by atoms with van der Waals surface area (Å²) in [5, 5.41) is 10.0. The van der Waals surface area contributed by atoms with Crippen LogP contribution in [0.2, 0.25) is 0 Å². The molecule has 10 aromatic rings. The van der Waals surface area contributed by atoms with Crippen LogP contribution in [0.4, 0.5) is 0 Å². The van der Waals surface area contributed by atoms with Crippen LogP contribution in [0, 0.1) is 11.3 Å². The average Bonchev–Trinajstić information content (AvgIpc) is 3.37. The van der Waals surface area contributed by atoms with Crippen LogP contribution >= 0.6 is 0 Å². The third-order valence-corrected chi connectivity index (χ3v) is 10.7. The summed E-state index contributed by atoms with van der Waals surface area (Å²) in [5.74, 6) is 3.38. The van der Waals surface area contributed by atoms with Gasteiger partial charge in [0.1, 0.15) is 0 Å². The van der Waals surface area contributed by atoms with Crippen LogP contribution in [0.3, 0.4) is 0 Å². The average molecular weight is 794 g/mol. The molecule has 0 bridgehead atoms. The van der Waals surface area contributed by atoms with Gasteiger partial charge in [-0.2, -0.15) is 5.26 Å². The monoisotopic (exact) mass is 793 g/mol. The lowest BCUT2D eigenvalue weighted by Gasteiger charge is -2.20. The van der Waals surface area contributed by atoms with E-state index in [4.69, 9.17) is 29.9 Å². The highest BCUT2D eigenvalue weighted by molar-refractivity contribution is 6.01. The van der Waals surface area contributed by atoms with Crippen molar-refractivity contribution in [3.63, 3.8) is 0 Å². The fraction of sp³-hybridized carbons (Fsp3) is 0. The minimum Gasteiger partial charge on any atom is -0.208 e. The molecule has 7 heteroatoms. The zero-order valence-electron chi connectivity index (χ0n) is 33.3. The van der Waals surface area contributed by atoms with Gasteiger partial charge in [0.2, 0.25) is 0 Å². The van der Waals surface area contributed by atoms with Gasteiger partial charge in [-0.25, -0.2) is 29.9 Å². The first-order valence-electron chi connectivity index (χ1n) is 20.3. The zero-order chi connectivity index (χ0) is 41.7. The van der Waals surface area contributed by atoms with Gasteiger partial charge >= 0.3 is 0 Å². The highest BCUT2D eigenvalue weighted by atomic mass is 15.0. The minimum atomic E-state index is 0.533. The number of hydrogen-bond acceptors (Lipinski definition) is 7. The highest BCUT2D eigenvalue weighted by Crippen LogP contribution is 2.46. The van der Waals surface area contributed by atoms with Crippen LogP contribution in [-0.4, -0.2) is 29.9 Å². The number of nitrogens with zero attached hydrogens (tertiary/aromatic N) is 7. The number of nitriles is 1. The molecule has 0 aliphatic heterocycles. The van der Waals surface area contributed by atoms with Gasteiger partial charge in [-0.15, -0.1) is 0 Å². The third-order valence-electron chi connectivity index (χ3n) is 10.7. The van der Waals surface area contributed by atoms with Gasteiger partial charge in [0.15, 0.2) is 34.9 Å². The van der Waals surface area contributed by atoms with Crippen LogP contribution in [0.1, 0.15) is 5.56 Å². The van der Waals surface area contributed by atoms with Crippen molar-refractivity contribution in [3.8, 4) is 108 Å². The number of rotatable bonds is 9. The van der Waals surface area contributed by atoms with Crippen molar-refractivity contribution >= 4 is 0 Å². The lowest BCUT2D eigenvalue weighted by atomic mass is 9.84. The maximum atomic E-state index is 10.0. The molecule has 7 nitrogen and oxygen atoms in total. The molecule has 62 heavy (non-hydrogen) atoms. The molecule has 0 fully saturated rings. The quantitative estimate of drug-likeness (QED) is 0.143. The molecular weight excluding hydrogens is 759 g/mol. The van der Waals surface area contributed by atoms with E-state index in [0.717, 1.165) is 66.8 Å². The predicted molar refractivity (Wildman–Crippen MR) is 247 cm³/mol. The smallest absolute Gasteiger partial charge is 0.164 e. The van der Waals surface area contributed by atoms with Crippen LogP contribution < -0.4 is 0 Å². The molecule has 0 aliphatic rings. The standard InChI is InChI=1S/C55H35N7/c56-36-37-19-17-28-42(35-37)43-33-18-34-45(44-29-13-15-31-47(44)54-59-50(38-20-5-1-6-21-38)57-51(60-54)39-22-7-2-8-23-39)49(43)46-30-14-16-32-48(46)55-61-52(40-24-9-3-10-25-40)58-53(62-55)41-26-11-4-12-27-41/h1-35H. The van der Waals surface area contributed by atoms with Gasteiger partial charge < -0.3 is 0 Å². The Morgan fingerprint density at radius 3 is 1.03 bits per heavy atom. The fourth-order valence-corrected chi connectivity index (χ4v) is 7.73. The van der Waals surface area contributed by atoms with Crippen LogP contribution in [-0.2, 0) is 0 Å². The van der Waals surface area contributed by atoms with Crippen LogP contribution in [0.5, 0.6) is 0 Å². The van der Waals surface area contributed by atoms with E-state index in [2.05, 4.69) is 48.5 Å². The topological polar surface area (TPSA) is 101 Å². The SMILES string of the molecule is N#Cc1cccc(-c2cccc(-c3ccccc3-c3nc(-c4ccccc4)nc(-c4ccccc4)n3)c2-c2ccccc2-c2nc(-c3ccccc3)nc(-c3ccccc3)n2)c1. The minimum absolute atomic E-state index is 0.533. The molecule has 290 valence electrons. The Morgan fingerprint density at radius 1 is 0.258 bits per heavy atom. The van der Waals surface area contributed by atoms with Crippen molar-refractivity contribution in [2.45, 2.75) is 0 Å². The molecular formula is C55H35N7. The maximum absolute atomic E-state index is 10.0. The molecule has 10 rings (SSSR count). The summed E-state index contributed by atoms with van der Waals surface area (Å²) in [7, 11) is 0. The Balaban J connectivity index is 1.24. The molecule has 0 saturated heterocycles. The molecule has 0 amide bonds. The molecule has 2 heterocycles. The van der Waals surface area contributed by atoms with Gasteiger partial charge in [-0.3, -0.25) is 0 Å². The van der Waals surface area contributed by atoms with Gasteiger partial charge in [-0.05, 0) is 45.5 Å². The highest BCUT2D eigenvalue weighted by Gasteiger charge is 2.23. The second-order valence-electron chi connectivity index (χ2n) is 14.6. The van der Waals surface area contributed by atoms with E-state index >= 15 is 0 Å². The molecule has 0 unspecified atom stereocenters. The largest absolute Gasteiger partial charge is 0.208 e. The van der Waals surface area contributed by atoms with Crippen molar-refractivity contribution < 1.29 is 0 Å². The molecule has 0 spiro atoms. The molecule has 0 radical (unpaired) electrons. The number of aromatic nitrogens is 6. The Morgan fingerprint density at radius 2 is 0.581 bits per heavy atom. The Bertz CT molecular complexity index is 3120. The Hall–Kier alpha value is -8.73. The van der Waals surface area contributed by atoms with Gasteiger partial charge in [0, 0.05) is 33.4 Å². The fourth-order valence-electron chi connectivity index (χ4n) is 7.73. The van der Waals surface area contributed by atoms with E-state index in [0.29, 0.717) is 40.5 Å². The summed E-state index contributed by atoms with van der Waals surface area (Å²) in [4.78, 5) is 30.6. The second kappa shape index (κ2) is 16.9. The van der Waals surface area contributed by atoms with E-state index < -0.39 is 0 Å². The lowest BCUT2D eigenvalue weighted by Crippen LogP contribution is -2.02. The lowest BCUT2D eigenvalue weighted by molar-refractivity contribution is 1.07. The summed E-state index contributed by atoms with van der Waals surface area (Å²) < 4.78 is 0. The van der Waals surface area contributed by atoms with Crippen molar-refractivity contribution in [2.75, 3.05) is 0 Å². The van der Waals surface area contributed by atoms with Crippen molar-refractivity contribution in [1.82, 2.24) is 29.9 Å². The molecule has 8 aromatic carbocycles. The molecule has 2 aromatic heterocycles. The Kier molecular flexibility index (Phi) is 10.2. The van der Waals surface area contributed by atoms with Gasteiger partial charge in [-0.1, -0.05) is 200 Å². The van der Waals surface area contributed by atoms with Crippen LogP contribution in [0.25, 0.3) is 102 Å². The van der Waals surface area contributed by atoms with E-state index in [1.54, 1.807) is 0 Å². The van der Waals surface area contributed by atoms with E-state index in [1.165, 1.54) is 0 Å². The summed E-state index contributed by atoms with van der Waals surface area (Å²) in [5.41, 5.74) is 11.3. The molecule has 0 aliphatic carbocycles. The Labute approximate surface area is 359 Å². The van der Waals surface area contributed by atoms with Crippen molar-refractivity contribution in [1.29, 1.82) is 5.26 Å². The van der Waals surface area contributed by atoms with Crippen molar-refractivity contribution in [2.24, 2.45) is 0 Å². The normalized spacial score (nSPS) is 10.9. The first-order valence-corrected chi connectivity index (χ1v) is 20.3. The first kappa shape index (κ1) is 37.5. The van der Waals surface area contributed by atoms with Crippen molar-refractivity contribution in [3.05, 3.63) is 218 Å². The van der Waals surface area contributed by atoms with E-state index in [9.17, 15) is 5.26 Å². The number of benzene rings is 8. The van der Waals surface area contributed by atoms with Crippen LogP contribution in [0.15, 0.2) is 212 Å². The maximum Gasteiger partial charge on any atom is 0.164 e. The second-order valence-corrected chi connectivity index (χ2v) is 14.6. The zero-order valence-corrected chi connectivity index (χ0v) is 33.3. The molecule has 0 saturated carbocycles. The predicted octanol–water partition coefficient (Wildman–Crippen LogP) is 12.9. The van der Waals surface area contributed by atoms with Gasteiger partial charge in [0.25, 0.3) is 0 Å². The number of hydrogen-bond donors (Lipinski definition) is 0. The summed E-state index contributed by atoms with van der Waals surface area (Å²) in [6, 6.07) is 72.8. The summed E-state index contributed by atoms with van der Waals surface area (Å²) in [6.45, 7) is 0. The third kappa shape index (κ3) is 7.52. The van der Waals surface area contributed by atoms with Gasteiger partial charge in [0.05, 0.1) is 11.6 Å². The summed E-state index contributed by atoms with van der Waals surface area (Å²) >= 11 is 0. The van der Waals surface area contributed by atoms with E-state index in [-0.39, 0.29) is 0 Å². The summed E-state index contributed by atoms with van der Waals surface area (Å²) in [6.07, 6.45) is 0. The molecule has 0 atom stereocenters.